The van der Waals surface area contributed by atoms with E-state index in [1.54, 1.807) is 12.1 Å². The van der Waals surface area contributed by atoms with Crippen molar-refractivity contribution in [1.29, 1.82) is 0 Å². The van der Waals surface area contributed by atoms with Crippen LogP contribution < -0.4 is 0 Å². The van der Waals surface area contributed by atoms with E-state index < -0.39 is 10.1 Å². The van der Waals surface area contributed by atoms with E-state index in [0.29, 0.717) is 30.0 Å². The van der Waals surface area contributed by atoms with Gasteiger partial charge < -0.3 is 0 Å². The summed E-state index contributed by atoms with van der Waals surface area (Å²) in [4.78, 5) is 12.8. The van der Waals surface area contributed by atoms with Gasteiger partial charge in [-0.1, -0.05) is 43.2 Å². The second-order valence-corrected chi connectivity index (χ2v) is 12.5. The minimum absolute atomic E-state index is 0.106. The zero-order valence-electron chi connectivity index (χ0n) is 18.9. The predicted octanol–water partition coefficient (Wildman–Crippen LogP) is 5.60. The summed E-state index contributed by atoms with van der Waals surface area (Å²) in [7, 11) is -3.75. The maximum atomic E-state index is 12.8. The summed E-state index contributed by atoms with van der Waals surface area (Å²) in [5, 5.41) is 0. The Kier molecular flexibility index (Phi) is 5.02. The van der Waals surface area contributed by atoms with Gasteiger partial charge in [-0.15, -0.1) is 0 Å². The van der Waals surface area contributed by atoms with E-state index in [1.165, 1.54) is 5.57 Å². The van der Waals surface area contributed by atoms with Crippen LogP contribution in [0.1, 0.15) is 70.8 Å². The molecule has 0 bridgehead atoms. The summed E-state index contributed by atoms with van der Waals surface area (Å²) < 4.78 is 31.3. The lowest BCUT2D eigenvalue weighted by molar-refractivity contribution is -0.131. The van der Waals surface area contributed by atoms with E-state index in [4.69, 9.17) is 4.18 Å². The zero-order chi connectivity index (χ0) is 22.0. The maximum absolute atomic E-state index is 12.8. The molecule has 4 nitrogen and oxygen atoms in total. The average Bonchev–Trinajstić information content (AvgIpc) is 3.03. The Morgan fingerprint density at radius 2 is 1.65 bits per heavy atom. The van der Waals surface area contributed by atoms with Crippen molar-refractivity contribution in [3.63, 3.8) is 0 Å². The highest BCUT2D eigenvalue weighted by atomic mass is 32.2. The molecule has 0 radical (unpaired) electrons. The number of carbonyl (C=O) groups excluding carboxylic acids is 1. The van der Waals surface area contributed by atoms with E-state index in [-0.39, 0.29) is 21.8 Å². The Morgan fingerprint density at radius 1 is 0.968 bits per heavy atom. The fourth-order valence-corrected chi connectivity index (χ4v) is 8.52. The molecule has 1 aromatic rings. The van der Waals surface area contributed by atoms with Crippen LogP contribution >= 0.6 is 0 Å². The number of allylic oxidation sites excluding steroid dienone is 1. The van der Waals surface area contributed by atoms with E-state index >= 15 is 0 Å². The Hall–Kier alpha value is -1.46. The van der Waals surface area contributed by atoms with Gasteiger partial charge in [0.2, 0.25) is 0 Å². The first kappa shape index (κ1) is 21.4. The first-order valence-electron chi connectivity index (χ1n) is 11.9. The van der Waals surface area contributed by atoms with Gasteiger partial charge in [0.05, 0.1) is 11.0 Å². The third-order valence-corrected chi connectivity index (χ3v) is 10.7. The molecule has 0 amide bonds. The van der Waals surface area contributed by atoms with Gasteiger partial charge >= 0.3 is 0 Å². The molecular formula is C26H34O4S. The van der Waals surface area contributed by atoms with Crippen LogP contribution in [0.5, 0.6) is 0 Å². The SMILES string of the molecule is Cc1ccc(S(=O)(=O)OC2CC[C@@]3(C)C(=CC[C@@H]4[C@@H]3CC[C@]3(C)C(=O)CC[C@@H]43)C2)cc1. The summed E-state index contributed by atoms with van der Waals surface area (Å²) in [5.74, 6) is 2.19. The number of hydrogen-bond acceptors (Lipinski definition) is 4. The normalized spacial score (nSPS) is 40.0. The molecule has 1 aromatic carbocycles. The van der Waals surface area contributed by atoms with E-state index in [9.17, 15) is 13.2 Å². The average molecular weight is 443 g/mol. The molecule has 3 fully saturated rings. The van der Waals surface area contributed by atoms with Crippen molar-refractivity contribution in [3.8, 4) is 0 Å². The molecule has 4 aliphatic rings. The van der Waals surface area contributed by atoms with Crippen LogP contribution in [-0.4, -0.2) is 20.3 Å². The first-order valence-corrected chi connectivity index (χ1v) is 13.3. The lowest BCUT2D eigenvalue weighted by Gasteiger charge is -2.56. The molecule has 0 aromatic heterocycles. The second-order valence-electron chi connectivity index (χ2n) is 10.9. The van der Waals surface area contributed by atoms with Gasteiger partial charge in [0, 0.05) is 11.8 Å². The third-order valence-electron chi connectivity index (χ3n) is 9.34. The smallest absolute Gasteiger partial charge is 0.297 e. The molecule has 0 spiro atoms. The highest BCUT2D eigenvalue weighted by Crippen LogP contribution is 2.64. The maximum Gasteiger partial charge on any atom is 0.297 e. The Balaban J connectivity index is 1.34. The Labute approximate surface area is 186 Å². The molecule has 168 valence electrons. The van der Waals surface area contributed by atoms with Crippen molar-refractivity contribution in [2.75, 3.05) is 0 Å². The van der Waals surface area contributed by atoms with Crippen molar-refractivity contribution < 1.29 is 17.4 Å². The zero-order valence-corrected chi connectivity index (χ0v) is 19.7. The van der Waals surface area contributed by atoms with Crippen molar-refractivity contribution in [2.24, 2.45) is 28.6 Å². The Bertz CT molecular complexity index is 1020. The lowest BCUT2D eigenvalue weighted by atomic mass is 9.48. The van der Waals surface area contributed by atoms with Gasteiger partial charge in [0.15, 0.2) is 0 Å². The standard InChI is InChI=1S/C26H34O4S/c1-17-4-7-20(8-5-17)31(28,29)30-19-12-14-25(2)18(16-19)6-9-21-22-10-11-24(27)26(22,3)15-13-23(21)25/h4-8,19,21-23H,9-16H2,1-3H3/t19?,21-,22-,23-,25-,26-/m0/s1. The quantitative estimate of drug-likeness (QED) is 0.451. The van der Waals surface area contributed by atoms with Gasteiger partial charge in [-0.3, -0.25) is 8.98 Å². The molecule has 5 rings (SSSR count). The Morgan fingerprint density at radius 3 is 2.39 bits per heavy atom. The third kappa shape index (κ3) is 3.34. The second kappa shape index (κ2) is 7.28. The fourth-order valence-electron chi connectivity index (χ4n) is 7.42. The van der Waals surface area contributed by atoms with Crippen LogP contribution in [0, 0.1) is 35.5 Å². The van der Waals surface area contributed by atoms with Crippen molar-refractivity contribution in [3.05, 3.63) is 41.5 Å². The highest BCUT2D eigenvalue weighted by molar-refractivity contribution is 7.86. The number of Topliss-reactive ketones (excluding diaryl/α,β-unsaturated/α-hetero) is 1. The number of hydrogen-bond donors (Lipinski definition) is 0. The molecule has 0 N–H and O–H groups in total. The molecule has 1 unspecified atom stereocenters. The topological polar surface area (TPSA) is 60.4 Å². The number of carbonyl (C=O) groups is 1. The van der Waals surface area contributed by atoms with Crippen LogP contribution in [0.4, 0.5) is 0 Å². The van der Waals surface area contributed by atoms with Crippen molar-refractivity contribution in [1.82, 2.24) is 0 Å². The molecule has 0 heterocycles. The number of fused-ring (bicyclic) bond motifs is 5. The van der Waals surface area contributed by atoms with E-state index in [2.05, 4.69) is 19.9 Å². The molecule has 0 saturated heterocycles. The molecule has 6 atom stereocenters. The molecular weight excluding hydrogens is 408 g/mol. The molecule has 5 heteroatoms. The summed E-state index contributed by atoms with van der Waals surface area (Å²) in [6.45, 7) is 6.54. The largest absolute Gasteiger partial charge is 0.299 e. The minimum atomic E-state index is -3.75. The number of rotatable bonds is 3. The summed E-state index contributed by atoms with van der Waals surface area (Å²) in [5.41, 5.74) is 2.42. The van der Waals surface area contributed by atoms with Crippen LogP contribution in [-0.2, 0) is 19.1 Å². The number of benzene rings is 1. The minimum Gasteiger partial charge on any atom is -0.299 e. The molecule has 31 heavy (non-hydrogen) atoms. The number of aryl methyl sites for hydroxylation is 1. The van der Waals surface area contributed by atoms with Gasteiger partial charge in [-0.2, -0.15) is 8.42 Å². The van der Waals surface area contributed by atoms with E-state index in [0.717, 1.165) is 50.5 Å². The van der Waals surface area contributed by atoms with Crippen molar-refractivity contribution in [2.45, 2.75) is 83.1 Å². The van der Waals surface area contributed by atoms with Crippen LogP contribution in [0.2, 0.25) is 0 Å². The summed E-state index contributed by atoms with van der Waals surface area (Å²) in [6, 6.07) is 6.87. The van der Waals surface area contributed by atoms with Crippen LogP contribution in [0.3, 0.4) is 0 Å². The molecule has 3 saturated carbocycles. The van der Waals surface area contributed by atoms with Gasteiger partial charge in [0.25, 0.3) is 10.1 Å². The van der Waals surface area contributed by atoms with Gasteiger partial charge in [0.1, 0.15) is 5.78 Å². The monoisotopic (exact) mass is 442 g/mol. The summed E-state index contributed by atoms with van der Waals surface area (Å²) >= 11 is 0. The van der Waals surface area contributed by atoms with E-state index in [1.807, 2.05) is 19.1 Å². The first-order chi connectivity index (χ1) is 14.6. The van der Waals surface area contributed by atoms with Gasteiger partial charge in [-0.25, -0.2) is 0 Å². The summed E-state index contributed by atoms with van der Waals surface area (Å²) in [6.07, 6.45) is 9.49. The molecule has 0 aliphatic heterocycles. The predicted molar refractivity (Wildman–Crippen MR) is 120 cm³/mol. The lowest BCUT2D eigenvalue weighted by Crippen LogP contribution is -2.50. The van der Waals surface area contributed by atoms with Crippen molar-refractivity contribution >= 4 is 15.9 Å². The fraction of sp³-hybridized carbons (Fsp3) is 0.654. The highest BCUT2D eigenvalue weighted by Gasteiger charge is 2.58. The molecule has 4 aliphatic carbocycles. The van der Waals surface area contributed by atoms with Gasteiger partial charge in [-0.05, 0) is 87.2 Å². The van der Waals surface area contributed by atoms with Crippen LogP contribution in [0.15, 0.2) is 40.8 Å². The van der Waals surface area contributed by atoms with Crippen LogP contribution in [0.25, 0.3) is 0 Å². The number of ketones is 1.